The average molecular weight is 190 g/mol. The molecular weight excluding hydrogens is 174 g/mol. The van der Waals surface area contributed by atoms with E-state index in [-0.39, 0.29) is 0 Å². The molecule has 1 heterocycles. The molecule has 1 fully saturated rings. The maximum absolute atomic E-state index is 5.53. The van der Waals surface area contributed by atoms with E-state index in [0.717, 1.165) is 26.3 Å². The molecule has 1 unspecified atom stereocenters. The Balaban J connectivity index is 2.24. The Kier molecular flexibility index (Phi) is 4.66. The summed E-state index contributed by atoms with van der Waals surface area (Å²) in [5.41, 5.74) is 0. The lowest BCUT2D eigenvalue weighted by Gasteiger charge is -2.32. The average Bonchev–Trinajstić information content (AvgIpc) is 2.09. The Hall–Kier alpha value is -0.0500. The highest BCUT2D eigenvalue weighted by atomic mass is 35.5. The van der Waals surface area contributed by atoms with Crippen LogP contribution < -0.4 is 0 Å². The summed E-state index contributed by atoms with van der Waals surface area (Å²) in [5.74, 6) is 0.610. The fourth-order valence-corrected chi connectivity index (χ4v) is 1.43. The van der Waals surface area contributed by atoms with Crippen LogP contribution in [0.1, 0.15) is 6.92 Å². The van der Waals surface area contributed by atoms with E-state index < -0.39 is 0 Å². The van der Waals surface area contributed by atoms with E-state index in [1.807, 2.05) is 6.08 Å². The molecule has 1 aliphatic heterocycles. The molecule has 0 N–H and O–H groups in total. The van der Waals surface area contributed by atoms with E-state index in [9.17, 15) is 0 Å². The third-order valence-electron chi connectivity index (χ3n) is 2.10. The van der Waals surface area contributed by atoms with Gasteiger partial charge in [-0.1, -0.05) is 12.2 Å². The first-order valence-corrected chi connectivity index (χ1v) is 4.91. The number of allylic oxidation sites excluding steroid dienone is 1. The van der Waals surface area contributed by atoms with Crippen molar-refractivity contribution >= 4 is 11.6 Å². The van der Waals surface area contributed by atoms with Crippen LogP contribution in [0.4, 0.5) is 0 Å². The number of morpholine rings is 1. The topological polar surface area (TPSA) is 12.5 Å². The van der Waals surface area contributed by atoms with E-state index in [1.54, 1.807) is 0 Å². The Morgan fingerprint density at radius 1 is 1.58 bits per heavy atom. The smallest absolute Gasteiger partial charge is 0.0619 e. The summed E-state index contributed by atoms with van der Waals surface area (Å²) in [4.78, 5) is 2.40. The van der Waals surface area contributed by atoms with Gasteiger partial charge in [-0.2, -0.15) is 0 Å². The number of alkyl halides is 1. The molecule has 70 valence electrons. The molecule has 0 spiro atoms. The highest BCUT2D eigenvalue weighted by molar-refractivity contribution is 6.18. The molecule has 0 aromatic heterocycles. The Bertz CT molecular complexity index is 149. The molecule has 0 aromatic rings. The van der Waals surface area contributed by atoms with Gasteiger partial charge >= 0.3 is 0 Å². The van der Waals surface area contributed by atoms with E-state index in [0.29, 0.717) is 11.9 Å². The summed E-state index contributed by atoms with van der Waals surface area (Å²) in [6.07, 6.45) is 4.11. The summed E-state index contributed by atoms with van der Waals surface area (Å²) in [6, 6.07) is 0.540. The predicted octanol–water partition coefficient (Wildman–Crippen LogP) is 1.50. The summed E-state index contributed by atoms with van der Waals surface area (Å²) in [6.45, 7) is 5.94. The van der Waals surface area contributed by atoms with Crippen LogP contribution in [0.3, 0.4) is 0 Å². The van der Waals surface area contributed by atoms with Crippen LogP contribution in [0.2, 0.25) is 0 Å². The summed E-state index contributed by atoms with van der Waals surface area (Å²) in [5, 5.41) is 0. The number of rotatable bonds is 3. The number of ether oxygens (including phenoxy) is 1. The van der Waals surface area contributed by atoms with Gasteiger partial charge in [-0.25, -0.2) is 0 Å². The van der Waals surface area contributed by atoms with E-state index in [1.165, 1.54) is 0 Å². The van der Waals surface area contributed by atoms with Crippen molar-refractivity contribution < 1.29 is 4.74 Å². The van der Waals surface area contributed by atoms with Crippen molar-refractivity contribution in [2.24, 2.45) is 0 Å². The van der Waals surface area contributed by atoms with Crippen LogP contribution in [-0.2, 0) is 4.74 Å². The van der Waals surface area contributed by atoms with Gasteiger partial charge in [0.15, 0.2) is 0 Å². The normalized spacial score (nSPS) is 26.7. The molecule has 0 aliphatic carbocycles. The van der Waals surface area contributed by atoms with Gasteiger partial charge in [0.25, 0.3) is 0 Å². The highest BCUT2D eigenvalue weighted by Gasteiger charge is 2.16. The van der Waals surface area contributed by atoms with Crippen molar-refractivity contribution in [1.82, 2.24) is 4.90 Å². The van der Waals surface area contributed by atoms with Gasteiger partial charge < -0.3 is 4.74 Å². The minimum absolute atomic E-state index is 0.540. The van der Waals surface area contributed by atoms with E-state index in [2.05, 4.69) is 17.9 Å². The van der Waals surface area contributed by atoms with Crippen molar-refractivity contribution in [2.45, 2.75) is 13.0 Å². The van der Waals surface area contributed by atoms with Crippen molar-refractivity contribution in [2.75, 3.05) is 32.2 Å². The molecule has 1 aliphatic rings. The van der Waals surface area contributed by atoms with E-state index >= 15 is 0 Å². The molecule has 0 saturated carbocycles. The SMILES string of the molecule is CC1COCCN1CC=CCCl. The largest absolute Gasteiger partial charge is 0.379 e. The van der Waals surface area contributed by atoms with Gasteiger partial charge in [0.1, 0.15) is 0 Å². The van der Waals surface area contributed by atoms with Crippen LogP contribution in [0.5, 0.6) is 0 Å². The van der Waals surface area contributed by atoms with Gasteiger partial charge in [-0.05, 0) is 6.92 Å². The van der Waals surface area contributed by atoms with Gasteiger partial charge in [0, 0.05) is 25.0 Å². The second-order valence-corrected chi connectivity index (χ2v) is 3.35. The van der Waals surface area contributed by atoms with Gasteiger partial charge in [-0.3, -0.25) is 4.90 Å². The first-order valence-electron chi connectivity index (χ1n) is 4.37. The molecule has 0 radical (unpaired) electrons. The zero-order valence-corrected chi connectivity index (χ0v) is 8.26. The van der Waals surface area contributed by atoms with E-state index in [4.69, 9.17) is 16.3 Å². The zero-order valence-electron chi connectivity index (χ0n) is 7.50. The van der Waals surface area contributed by atoms with Crippen molar-refractivity contribution in [1.29, 1.82) is 0 Å². The molecule has 2 nitrogen and oxygen atoms in total. The monoisotopic (exact) mass is 189 g/mol. The Labute approximate surface area is 79.1 Å². The fraction of sp³-hybridized carbons (Fsp3) is 0.778. The van der Waals surface area contributed by atoms with Gasteiger partial charge in [-0.15, -0.1) is 11.6 Å². The Morgan fingerprint density at radius 2 is 2.42 bits per heavy atom. The Morgan fingerprint density at radius 3 is 3.08 bits per heavy atom. The predicted molar refractivity (Wildman–Crippen MR) is 51.7 cm³/mol. The van der Waals surface area contributed by atoms with Crippen molar-refractivity contribution in [3.8, 4) is 0 Å². The maximum Gasteiger partial charge on any atom is 0.0619 e. The molecule has 0 amide bonds. The molecule has 0 aromatic carbocycles. The second-order valence-electron chi connectivity index (χ2n) is 3.04. The van der Waals surface area contributed by atoms with Crippen LogP contribution in [-0.4, -0.2) is 43.1 Å². The number of halogens is 1. The fourth-order valence-electron chi connectivity index (χ4n) is 1.31. The van der Waals surface area contributed by atoms with Crippen LogP contribution >= 0.6 is 11.6 Å². The standard InChI is InChI=1S/C9H16ClNO/c1-9-8-12-7-6-11(9)5-3-2-4-10/h2-3,9H,4-8H2,1H3. The lowest BCUT2D eigenvalue weighted by atomic mass is 10.2. The molecular formula is C9H16ClNO. The van der Waals surface area contributed by atoms with Crippen molar-refractivity contribution in [3.63, 3.8) is 0 Å². The molecule has 0 bridgehead atoms. The molecule has 3 heteroatoms. The van der Waals surface area contributed by atoms with Crippen molar-refractivity contribution in [3.05, 3.63) is 12.2 Å². The lowest BCUT2D eigenvalue weighted by molar-refractivity contribution is 0.00555. The number of hydrogen-bond acceptors (Lipinski definition) is 2. The zero-order chi connectivity index (χ0) is 8.81. The molecule has 1 atom stereocenters. The number of nitrogens with zero attached hydrogens (tertiary/aromatic N) is 1. The first-order chi connectivity index (χ1) is 5.84. The van der Waals surface area contributed by atoms with Crippen LogP contribution in [0, 0.1) is 0 Å². The minimum atomic E-state index is 0.540. The highest BCUT2D eigenvalue weighted by Crippen LogP contribution is 2.05. The lowest BCUT2D eigenvalue weighted by Crippen LogP contribution is -2.43. The third kappa shape index (κ3) is 3.13. The first kappa shape index (κ1) is 10.0. The minimum Gasteiger partial charge on any atom is -0.379 e. The summed E-state index contributed by atoms with van der Waals surface area (Å²) < 4.78 is 5.33. The number of hydrogen-bond donors (Lipinski definition) is 0. The molecule has 12 heavy (non-hydrogen) atoms. The second kappa shape index (κ2) is 5.57. The van der Waals surface area contributed by atoms with Gasteiger partial charge in [0.05, 0.1) is 13.2 Å². The molecule has 1 saturated heterocycles. The maximum atomic E-state index is 5.53. The summed E-state index contributed by atoms with van der Waals surface area (Å²) in [7, 11) is 0. The summed E-state index contributed by atoms with van der Waals surface area (Å²) >= 11 is 5.53. The third-order valence-corrected chi connectivity index (χ3v) is 2.28. The van der Waals surface area contributed by atoms with Gasteiger partial charge in [0.2, 0.25) is 0 Å². The van der Waals surface area contributed by atoms with Crippen LogP contribution in [0.25, 0.3) is 0 Å². The molecule has 1 rings (SSSR count). The quantitative estimate of drug-likeness (QED) is 0.493. The van der Waals surface area contributed by atoms with Crippen LogP contribution in [0.15, 0.2) is 12.2 Å².